The third-order valence-electron chi connectivity index (χ3n) is 1.61. The molecule has 0 saturated carbocycles. The first-order valence-corrected chi connectivity index (χ1v) is 5.96. The van der Waals surface area contributed by atoms with Crippen molar-refractivity contribution in [3.8, 4) is 0 Å². The van der Waals surface area contributed by atoms with Crippen molar-refractivity contribution in [1.29, 1.82) is 0 Å². The van der Waals surface area contributed by atoms with E-state index in [-0.39, 0.29) is 0 Å². The van der Waals surface area contributed by atoms with Crippen molar-refractivity contribution in [2.75, 3.05) is 19.0 Å². The summed E-state index contributed by atoms with van der Waals surface area (Å²) in [7, 11) is 3.88. The van der Waals surface area contributed by atoms with Crippen LogP contribution in [0.4, 0.5) is 5.69 Å². The lowest BCUT2D eigenvalue weighted by Gasteiger charge is -2.11. The summed E-state index contributed by atoms with van der Waals surface area (Å²) in [5, 5.41) is -0.416. The molecule has 0 radical (unpaired) electrons. The molecular weight excluding hydrogens is 222 g/mol. The van der Waals surface area contributed by atoms with Crippen molar-refractivity contribution in [2.24, 2.45) is 0 Å². The van der Waals surface area contributed by atoms with E-state index < -0.39 is 5.24 Å². The van der Waals surface area contributed by atoms with Gasteiger partial charge in [-0.2, -0.15) is 0 Å². The molecule has 92 valence electrons. The van der Waals surface area contributed by atoms with Crippen LogP contribution in [0.15, 0.2) is 24.3 Å². The second kappa shape index (κ2) is 10.5. The van der Waals surface area contributed by atoms with Crippen LogP contribution in [-0.4, -0.2) is 19.3 Å². The van der Waals surface area contributed by atoms with Crippen LogP contribution in [-0.2, 0) is 0 Å². The van der Waals surface area contributed by atoms with Crippen LogP contribution in [0, 0.1) is 0 Å². The lowest BCUT2D eigenvalue weighted by Crippen LogP contribution is -2.08. The van der Waals surface area contributed by atoms with Gasteiger partial charge in [-0.15, -0.1) is 0 Å². The summed E-state index contributed by atoms with van der Waals surface area (Å²) < 4.78 is 0. The molecule has 3 heteroatoms. The fourth-order valence-electron chi connectivity index (χ4n) is 0.891. The highest BCUT2D eigenvalue weighted by molar-refractivity contribution is 6.67. The van der Waals surface area contributed by atoms with Crippen LogP contribution >= 0.6 is 11.6 Å². The first-order valence-electron chi connectivity index (χ1n) is 5.58. The quantitative estimate of drug-likeness (QED) is 0.727. The van der Waals surface area contributed by atoms with Crippen LogP contribution in [0.3, 0.4) is 0 Å². The standard InChI is InChI=1S/C9H10ClNO.2C2H6/c1-11(2)8-5-3-7(4-6-8)9(10)12;2*1-2/h3-6H,1-2H3;2*1-2H3. The Morgan fingerprint density at radius 2 is 1.38 bits per heavy atom. The van der Waals surface area contributed by atoms with E-state index in [1.165, 1.54) is 0 Å². The summed E-state index contributed by atoms with van der Waals surface area (Å²) >= 11 is 5.28. The van der Waals surface area contributed by atoms with Crippen molar-refractivity contribution in [1.82, 2.24) is 0 Å². The van der Waals surface area contributed by atoms with Gasteiger partial charge in [-0.3, -0.25) is 4.79 Å². The van der Waals surface area contributed by atoms with Crippen molar-refractivity contribution < 1.29 is 4.79 Å². The Morgan fingerprint density at radius 3 is 1.62 bits per heavy atom. The van der Waals surface area contributed by atoms with Crippen molar-refractivity contribution in [2.45, 2.75) is 27.7 Å². The van der Waals surface area contributed by atoms with E-state index in [1.807, 2.05) is 58.8 Å². The van der Waals surface area contributed by atoms with Crippen molar-refractivity contribution in [3.63, 3.8) is 0 Å². The maximum Gasteiger partial charge on any atom is 0.252 e. The third-order valence-corrected chi connectivity index (χ3v) is 1.83. The molecule has 0 aliphatic carbocycles. The molecule has 0 heterocycles. The number of nitrogens with zero attached hydrogens (tertiary/aromatic N) is 1. The van der Waals surface area contributed by atoms with Gasteiger partial charge in [0.1, 0.15) is 0 Å². The van der Waals surface area contributed by atoms with E-state index in [4.69, 9.17) is 11.6 Å². The first-order chi connectivity index (χ1) is 7.61. The van der Waals surface area contributed by atoms with E-state index >= 15 is 0 Å². The molecule has 0 saturated heterocycles. The van der Waals surface area contributed by atoms with Crippen LogP contribution in [0.25, 0.3) is 0 Å². The van der Waals surface area contributed by atoms with E-state index in [1.54, 1.807) is 12.1 Å². The Balaban J connectivity index is 0. The monoisotopic (exact) mass is 243 g/mol. The fourth-order valence-corrected chi connectivity index (χ4v) is 1.02. The average molecular weight is 244 g/mol. The van der Waals surface area contributed by atoms with Gasteiger partial charge in [0.05, 0.1) is 0 Å². The Hall–Kier alpha value is -1.02. The zero-order valence-corrected chi connectivity index (χ0v) is 11.8. The highest BCUT2D eigenvalue weighted by atomic mass is 35.5. The van der Waals surface area contributed by atoms with Gasteiger partial charge in [-0.1, -0.05) is 27.7 Å². The molecule has 16 heavy (non-hydrogen) atoms. The Morgan fingerprint density at radius 1 is 1.00 bits per heavy atom. The fraction of sp³-hybridized carbons (Fsp3) is 0.462. The van der Waals surface area contributed by atoms with Crippen LogP contribution in [0.1, 0.15) is 38.1 Å². The Kier molecular flexibility index (Phi) is 11.4. The summed E-state index contributed by atoms with van der Waals surface area (Å²) in [5.41, 5.74) is 1.58. The van der Waals surface area contributed by atoms with Crippen molar-refractivity contribution in [3.05, 3.63) is 29.8 Å². The SMILES string of the molecule is CC.CC.CN(C)c1ccc(C(=O)Cl)cc1. The molecule has 0 atom stereocenters. The van der Waals surface area contributed by atoms with Gasteiger partial charge in [0.25, 0.3) is 5.24 Å². The molecular formula is C13H22ClNO. The summed E-state index contributed by atoms with van der Waals surface area (Å²) in [6, 6.07) is 7.14. The molecule has 1 aromatic carbocycles. The molecule has 0 aliphatic rings. The molecule has 0 aromatic heterocycles. The van der Waals surface area contributed by atoms with Gasteiger partial charge in [0.15, 0.2) is 0 Å². The lowest BCUT2D eigenvalue weighted by atomic mass is 10.2. The number of hydrogen-bond acceptors (Lipinski definition) is 2. The van der Waals surface area contributed by atoms with Gasteiger partial charge in [-0.25, -0.2) is 0 Å². The summed E-state index contributed by atoms with van der Waals surface area (Å²) in [6.45, 7) is 8.00. The van der Waals surface area contributed by atoms with Gasteiger partial charge >= 0.3 is 0 Å². The normalized spacial score (nSPS) is 7.94. The molecule has 0 aliphatic heterocycles. The highest BCUT2D eigenvalue weighted by Crippen LogP contribution is 2.13. The Labute approximate surface area is 104 Å². The minimum Gasteiger partial charge on any atom is -0.378 e. The van der Waals surface area contributed by atoms with Gasteiger partial charge < -0.3 is 4.90 Å². The smallest absolute Gasteiger partial charge is 0.252 e. The topological polar surface area (TPSA) is 20.3 Å². The molecule has 0 bridgehead atoms. The second-order valence-electron chi connectivity index (χ2n) is 2.72. The zero-order chi connectivity index (χ0) is 13.1. The number of hydrogen-bond donors (Lipinski definition) is 0. The van der Waals surface area contributed by atoms with E-state index in [0.29, 0.717) is 5.56 Å². The van der Waals surface area contributed by atoms with Gasteiger partial charge in [-0.05, 0) is 35.9 Å². The van der Waals surface area contributed by atoms with E-state index in [2.05, 4.69) is 0 Å². The first kappa shape index (κ1) is 17.4. The van der Waals surface area contributed by atoms with E-state index in [9.17, 15) is 4.79 Å². The van der Waals surface area contributed by atoms with Crippen LogP contribution in [0.5, 0.6) is 0 Å². The molecule has 0 N–H and O–H groups in total. The molecule has 0 amide bonds. The number of rotatable bonds is 2. The molecule has 0 fully saturated rings. The third kappa shape index (κ3) is 6.46. The number of benzene rings is 1. The predicted molar refractivity (Wildman–Crippen MR) is 73.6 cm³/mol. The molecule has 0 spiro atoms. The van der Waals surface area contributed by atoms with Crippen LogP contribution in [0.2, 0.25) is 0 Å². The van der Waals surface area contributed by atoms with Gasteiger partial charge in [0.2, 0.25) is 0 Å². The lowest BCUT2D eigenvalue weighted by molar-refractivity contribution is 0.108. The molecule has 0 unspecified atom stereocenters. The molecule has 1 rings (SSSR count). The zero-order valence-electron chi connectivity index (χ0n) is 11.0. The number of anilines is 1. The number of halogens is 1. The number of carbonyl (C=O) groups excluding carboxylic acids is 1. The maximum atomic E-state index is 10.7. The number of carbonyl (C=O) groups is 1. The maximum absolute atomic E-state index is 10.7. The van der Waals surface area contributed by atoms with Gasteiger partial charge in [0, 0.05) is 25.3 Å². The molecule has 1 aromatic rings. The summed E-state index contributed by atoms with van der Waals surface area (Å²) in [5.74, 6) is 0. The molecule has 2 nitrogen and oxygen atoms in total. The second-order valence-corrected chi connectivity index (χ2v) is 3.06. The largest absolute Gasteiger partial charge is 0.378 e. The highest BCUT2D eigenvalue weighted by Gasteiger charge is 2.00. The Bertz CT molecular complexity index is 280. The average Bonchev–Trinajstić information content (AvgIpc) is 2.34. The summed E-state index contributed by atoms with van der Waals surface area (Å²) in [6.07, 6.45) is 0. The summed E-state index contributed by atoms with van der Waals surface area (Å²) in [4.78, 5) is 12.6. The minimum atomic E-state index is -0.416. The van der Waals surface area contributed by atoms with Crippen molar-refractivity contribution >= 4 is 22.5 Å². The predicted octanol–water partition coefficient (Wildman–Crippen LogP) is 4.18. The minimum absolute atomic E-state index is 0.416. The van der Waals surface area contributed by atoms with Crippen LogP contribution < -0.4 is 4.90 Å². The van der Waals surface area contributed by atoms with E-state index in [0.717, 1.165) is 5.69 Å².